The van der Waals surface area contributed by atoms with Crippen molar-refractivity contribution in [2.45, 2.75) is 38.8 Å². The van der Waals surface area contributed by atoms with E-state index in [1.54, 1.807) is 6.08 Å². The fraction of sp³-hybridized carbons (Fsp3) is 0.233. The molecule has 3 aromatic carbocycles. The van der Waals surface area contributed by atoms with Crippen LogP contribution in [-0.4, -0.2) is 36.4 Å². The van der Waals surface area contributed by atoms with Crippen molar-refractivity contribution < 1.29 is 19.1 Å². The molecular formula is C30H31NO4. The van der Waals surface area contributed by atoms with Crippen LogP contribution in [0.5, 0.6) is 0 Å². The summed E-state index contributed by atoms with van der Waals surface area (Å²) in [6, 6.07) is 27.8. The van der Waals surface area contributed by atoms with E-state index in [0.717, 1.165) is 16.7 Å². The first-order valence-electron chi connectivity index (χ1n) is 11.5. The van der Waals surface area contributed by atoms with Gasteiger partial charge in [0, 0.05) is 23.1 Å². The highest BCUT2D eigenvalue weighted by molar-refractivity contribution is 6.13. The van der Waals surface area contributed by atoms with Crippen molar-refractivity contribution in [1.29, 1.82) is 0 Å². The third kappa shape index (κ3) is 7.78. The molecule has 5 heteroatoms. The van der Waals surface area contributed by atoms with Gasteiger partial charge in [-0.25, -0.2) is 9.59 Å². The highest BCUT2D eigenvalue weighted by Crippen LogP contribution is 2.21. The van der Waals surface area contributed by atoms with Gasteiger partial charge in [0.1, 0.15) is 5.60 Å². The van der Waals surface area contributed by atoms with Gasteiger partial charge in [0.15, 0.2) is 6.04 Å². The highest BCUT2D eigenvalue weighted by atomic mass is 16.6. The Balaban J connectivity index is 2.12. The summed E-state index contributed by atoms with van der Waals surface area (Å²) < 4.78 is 10.7. The van der Waals surface area contributed by atoms with E-state index in [0.29, 0.717) is 11.3 Å². The molecule has 3 aromatic rings. The lowest BCUT2D eigenvalue weighted by atomic mass is 9.99. The fourth-order valence-electron chi connectivity index (χ4n) is 3.51. The zero-order valence-electron chi connectivity index (χ0n) is 20.6. The van der Waals surface area contributed by atoms with Crippen molar-refractivity contribution in [1.82, 2.24) is 0 Å². The zero-order valence-corrected chi connectivity index (χ0v) is 20.6. The molecule has 180 valence electrons. The second-order valence-corrected chi connectivity index (χ2v) is 9.03. The molecule has 0 amide bonds. The van der Waals surface area contributed by atoms with E-state index in [9.17, 15) is 9.59 Å². The Morgan fingerprint density at radius 1 is 0.829 bits per heavy atom. The van der Waals surface area contributed by atoms with E-state index < -0.39 is 23.6 Å². The lowest BCUT2D eigenvalue weighted by Gasteiger charge is -2.23. The monoisotopic (exact) mass is 469 g/mol. The molecule has 35 heavy (non-hydrogen) atoms. The maximum absolute atomic E-state index is 13.3. The number of ether oxygens (including phenoxy) is 2. The number of hydrogen-bond donors (Lipinski definition) is 0. The van der Waals surface area contributed by atoms with Crippen LogP contribution in [0.1, 0.15) is 43.9 Å². The van der Waals surface area contributed by atoms with Gasteiger partial charge in [-0.1, -0.05) is 91.0 Å². The van der Waals surface area contributed by atoms with Crippen LogP contribution >= 0.6 is 0 Å². The summed E-state index contributed by atoms with van der Waals surface area (Å²) in [6.07, 6.45) is 1.75. The number of benzene rings is 3. The summed E-state index contributed by atoms with van der Waals surface area (Å²) in [5.41, 5.74) is 2.81. The van der Waals surface area contributed by atoms with Crippen LogP contribution in [0.3, 0.4) is 0 Å². The van der Waals surface area contributed by atoms with E-state index in [1.807, 2.05) is 112 Å². The minimum absolute atomic E-state index is 0.0274. The van der Waals surface area contributed by atoms with Crippen molar-refractivity contribution in [2.24, 2.45) is 4.99 Å². The average Bonchev–Trinajstić information content (AvgIpc) is 2.86. The van der Waals surface area contributed by atoms with Gasteiger partial charge in [-0.15, -0.1) is 0 Å². The Bertz CT molecular complexity index is 1140. The minimum atomic E-state index is -0.960. The van der Waals surface area contributed by atoms with Gasteiger partial charge in [0.05, 0.1) is 12.8 Å². The number of hydrogen-bond acceptors (Lipinski definition) is 5. The molecule has 1 atom stereocenters. The summed E-state index contributed by atoms with van der Waals surface area (Å²) in [7, 11) is 1.33. The highest BCUT2D eigenvalue weighted by Gasteiger charge is 2.29. The smallest absolute Gasteiger partial charge is 0.333 e. The maximum atomic E-state index is 13.3. The number of methoxy groups -OCH3 is 1. The quantitative estimate of drug-likeness (QED) is 0.235. The molecule has 0 N–H and O–H groups in total. The molecule has 0 radical (unpaired) electrons. The lowest BCUT2D eigenvalue weighted by Crippen LogP contribution is -2.32. The first kappa shape index (κ1) is 25.6. The first-order valence-corrected chi connectivity index (χ1v) is 11.5. The van der Waals surface area contributed by atoms with Gasteiger partial charge in [-0.05, 0) is 32.4 Å². The number of carbonyl (C=O) groups excluding carboxylic acids is 2. The zero-order chi connectivity index (χ0) is 25.3. The Morgan fingerprint density at radius 2 is 1.31 bits per heavy atom. The van der Waals surface area contributed by atoms with Crippen molar-refractivity contribution >= 4 is 23.7 Å². The number of rotatable bonds is 8. The Hall–Kier alpha value is -3.99. The second-order valence-electron chi connectivity index (χ2n) is 9.03. The topological polar surface area (TPSA) is 65.0 Å². The summed E-state index contributed by atoms with van der Waals surface area (Å²) >= 11 is 0. The first-order chi connectivity index (χ1) is 16.8. The summed E-state index contributed by atoms with van der Waals surface area (Å²) in [6.45, 7) is 5.42. The molecule has 0 unspecified atom stereocenters. The molecule has 0 spiro atoms. The fourth-order valence-corrected chi connectivity index (χ4v) is 3.51. The van der Waals surface area contributed by atoms with Gasteiger partial charge >= 0.3 is 11.9 Å². The summed E-state index contributed by atoms with van der Waals surface area (Å²) in [5.74, 6) is -1.02. The summed E-state index contributed by atoms with van der Waals surface area (Å²) in [4.78, 5) is 30.9. The van der Waals surface area contributed by atoms with Crippen LogP contribution in [0.2, 0.25) is 0 Å². The van der Waals surface area contributed by atoms with E-state index in [2.05, 4.69) is 0 Å². The molecule has 0 saturated carbocycles. The lowest BCUT2D eigenvalue weighted by molar-refractivity contribution is -0.156. The van der Waals surface area contributed by atoms with Gasteiger partial charge in [-0.2, -0.15) is 0 Å². The van der Waals surface area contributed by atoms with Crippen LogP contribution in [-0.2, 0) is 19.1 Å². The normalized spacial score (nSPS) is 12.4. The molecule has 0 aliphatic rings. The predicted molar refractivity (Wildman–Crippen MR) is 139 cm³/mol. The average molecular weight is 470 g/mol. The van der Waals surface area contributed by atoms with Crippen LogP contribution < -0.4 is 0 Å². The summed E-state index contributed by atoms with van der Waals surface area (Å²) in [5, 5.41) is 0. The molecule has 0 heterocycles. The van der Waals surface area contributed by atoms with Crippen molar-refractivity contribution in [3.8, 4) is 0 Å². The Labute approximate surface area is 207 Å². The largest absolute Gasteiger partial charge is 0.466 e. The molecule has 3 rings (SSSR count). The van der Waals surface area contributed by atoms with Crippen LogP contribution in [0.15, 0.2) is 102 Å². The van der Waals surface area contributed by atoms with Crippen molar-refractivity contribution in [3.05, 3.63) is 113 Å². The van der Waals surface area contributed by atoms with Crippen LogP contribution in [0, 0.1) is 0 Å². The third-order valence-corrected chi connectivity index (χ3v) is 5.06. The van der Waals surface area contributed by atoms with E-state index in [4.69, 9.17) is 14.5 Å². The number of aliphatic imine (C=N–C) groups is 1. The Morgan fingerprint density at radius 3 is 1.77 bits per heavy atom. The molecule has 0 bridgehead atoms. The molecule has 0 aliphatic heterocycles. The van der Waals surface area contributed by atoms with E-state index in [-0.39, 0.29) is 6.42 Å². The van der Waals surface area contributed by atoms with Crippen molar-refractivity contribution in [2.75, 3.05) is 7.11 Å². The molecule has 5 nitrogen and oxygen atoms in total. The standard InChI is InChI=1S/C30H31NO4/c1-30(2,3)35-29(33)26(21-25(28(32)34-4)20-22-14-8-5-9-15-22)31-27(23-16-10-6-11-17-23)24-18-12-7-13-19-24/h5-20,26H,21H2,1-4H3/b25-20+/t26-/m0/s1. The molecule has 0 fully saturated rings. The van der Waals surface area contributed by atoms with Gasteiger partial charge in [-0.3, -0.25) is 4.99 Å². The molecule has 0 aliphatic carbocycles. The van der Waals surface area contributed by atoms with Crippen molar-refractivity contribution in [3.63, 3.8) is 0 Å². The molecule has 0 saturated heterocycles. The van der Waals surface area contributed by atoms with Gasteiger partial charge in [0.2, 0.25) is 0 Å². The van der Waals surface area contributed by atoms with Crippen LogP contribution in [0.4, 0.5) is 0 Å². The number of carbonyl (C=O) groups is 2. The molecule has 0 aromatic heterocycles. The predicted octanol–water partition coefficient (Wildman–Crippen LogP) is 5.88. The van der Waals surface area contributed by atoms with E-state index in [1.165, 1.54) is 7.11 Å². The van der Waals surface area contributed by atoms with Crippen LogP contribution in [0.25, 0.3) is 6.08 Å². The second kappa shape index (κ2) is 11.9. The Kier molecular flexibility index (Phi) is 8.74. The number of esters is 2. The maximum Gasteiger partial charge on any atom is 0.333 e. The third-order valence-electron chi connectivity index (χ3n) is 5.06. The van der Waals surface area contributed by atoms with Gasteiger partial charge in [0.25, 0.3) is 0 Å². The van der Waals surface area contributed by atoms with E-state index >= 15 is 0 Å². The molecular weight excluding hydrogens is 438 g/mol. The number of nitrogens with zero attached hydrogens (tertiary/aromatic N) is 1. The van der Waals surface area contributed by atoms with Gasteiger partial charge < -0.3 is 9.47 Å². The minimum Gasteiger partial charge on any atom is -0.466 e. The SMILES string of the molecule is COC(=O)/C(=C/c1ccccc1)C[C@H](N=C(c1ccccc1)c1ccccc1)C(=O)OC(C)(C)C.